The molecule has 0 unspecified atom stereocenters. The summed E-state index contributed by atoms with van der Waals surface area (Å²) in [6, 6.07) is 99.9. The molecule has 0 aliphatic heterocycles. The van der Waals surface area contributed by atoms with Crippen LogP contribution in [-0.2, 0) is 21.7 Å². The van der Waals surface area contributed by atoms with Crippen molar-refractivity contribution in [1.29, 1.82) is 0 Å². The highest BCUT2D eigenvalue weighted by Gasteiger charge is 2.34. The monoisotopic (exact) mass is 1360 g/mol. The molecule has 5 heterocycles. The van der Waals surface area contributed by atoms with Crippen molar-refractivity contribution in [3.8, 4) is 27.9 Å². The summed E-state index contributed by atoms with van der Waals surface area (Å²) >= 11 is 0. The molecular weight excluding hydrogens is 1280 g/mol. The molecule has 0 amide bonds. The van der Waals surface area contributed by atoms with Gasteiger partial charge in [-0.25, -0.2) is 0 Å². The lowest BCUT2D eigenvalue weighted by atomic mass is 9.86. The number of hydrogen-bond acceptors (Lipinski definition) is 6. The number of anilines is 6. The van der Waals surface area contributed by atoms with E-state index in [0.29, 0.717) is 0 Å². The van der Waals surface area contributed by atoms with E-state index in [1.165, 1.54) is 11.1 Å². The largest absolute Gasteiger partial charge is 0.454 e. The van der Waals surface area contributed by atoms with Crippen molar-refractivity contribution in [2.45, 2.75) is 105 Å². The van der Waals surface area contributed by atoms with Gasteiger partial charge in [0, 0.05) is 82.1 Å². The molecule has 0 bridgehead atoms. The lowest BCUT2D eigenvalue weighted by Gasteiger charge is -2.26. The maximum atomic E-state index is 7.60. The van der Waals surface area contributed by atoms with E-state index < -0.39 is 0 Å². The van der Waals surface area contributed by atoms with E-state index in [9.17, 15) is 0 Å². The molecule has 14 aromatic carbocycles. The molecule has 512 valence electrons. The second-order valence-electron chi connectivity index (χ2n) is 32.8. The number of nitrogens with zero attached hydrogens (tertiary/aromatic N) is 3. The van der Waals surface area contributed by atoms with Crippen molar-refractivity contribution in [1.82, 2.24) is 4.57 Å². The van der Waals surface area contributed by atoms with Crippen LogP contribution < -0.4 is 9.80 Å². The Balaban J connectivity index is 0.953. The lowest BCUT2D eigenvalue weighted by Crippen LogP contribution is -2.11. The van der Waals surface area contributed by atoms with E-state index in [2.05, 4.69) is 370 Å². The molecule has 7 nitrogen and oxygen atoms in total. The summed E-state index contributed by atoms with van der Waals surface area (Å²) in [5, 5.41) is 12.5. The van der Waals surface area contributed by atoms with Crippen molar-refractivity contribution in [3.05, 3.63) is 295 Å². The Morgan fingerprint density at radius 2 is 0.619 bits per heavy atom. The Morgan fingerprint density at radius 1 is 0.257 bits per heavy atom. The van der Waals surface area contributed by atoms with E-state index in [-0.39, 0.29) is 21.7 Å². The Hall–Kier alpha value is -12.1. The van der Waals surface area contributed by atoms with Gasteiger partial charge in [0.2, 0.25) is 0 Å². The lowest BCUT2D eigenvalue weighted by molar-refractivity contribution is 0.572. The van der Waals surface area contributed by atoms with Gasteiger partial charge < -0.3 is 32.0 Å². The number of hydrogen-bond donors (Lipinski definition) is 0. The fraction of sp³-hybridized carbons (Fsp3) is 0.163. The smallest absolute Gasteiger partial charge is 0.160 e. The number of fused-ring (bicyclic) bond motifs is 18. The van der Waals surface area contributed by atoms with Gasteiger partial charge in [-0.1, -0.05) is 283 Å². The molecule has 0 spiro atoms. The summed E-state index contributed by atoms with van der Waals surface area (Å²) < 4.78 is 32.6. The fourth-order valence-electron chi connectivity index (χ4n) is 16.5. The average Bonchev–Trinajstić information content (AvgIpc) is 1.52. The first kappa shape index (κ1) is 63.8. The van der Waals surface area contributed by atoms with Gasteiger partial charge >= 0.3 is 0 Å². The highest BCUT2D eigenvalue weighted by Crippen LogP contribution is 2.56. The second-order valence-corrected chi connectivity index (χ2v) is 32.8. The van der Waals surface area contributed by atoms with Gasteiger partial charge in [-0.2, -0.15) is 0 Å². The number of aromatic nitrogens is 1. The van der Waals surface area contributed by atoms with E-state index in [1.807, 2.05) is 0 Å². The standard InChI is InChI=1S/C98H81N3O4/c1-95(2,3)64-46-37-59(38-47-64)61-41-50-66(51-42-61)99(77-33-21-29-71-69-27-19-31-75(97(7,8)9)89(69)104-91(71)77)81-56-79-87(85-73-25-15-17-35-83(73)102-93(81)85)88-80(101(79)68-54-45-58-23-13-14-24-63(58)55-68)57-82(94-86(88)74-26-16-18-36-84(74)103-94)100(67-52-43-62(44-53-67)60-39-48-65(49-40-60)96(4,5)6)78-34-22-30-72-70-28-20-32-76(98(10,11)12)90(70)105-92(72)78/h13-57H,1-12H3. The maximum Gasteiger partial charge on any atom is 0.160 e. The zero-order valence-corrected chi connectivity index (χ0v) is 61.5. The fourth-order valence-corrected chi connectivity index (χ4v) is 16.5. The summed E-state index contributed by atoms with van der Waals surface area (Å²) in [5.74, 6) is 0. The summed E-state index contributed by atoms with van der Waals surface area (Å²) in [6.45, 7) is 27.2. The Bertz CT molecular complexity index is 6350. The first-order chi connectivity index (χ1) is 50.6. The second kappa shape index (κ2) is 23.2. The number of rotatable bonds is 9. The van der Waals surface area contributed by atoms with Crippen molar-refractivity contribution in [3.63, 3.8) is 0 Å². The summed E-state index contributed by atoms with van der Waals surface area (Å²) in [5.41, 5.74) is 23.7. The van der Waals surface area contributed by atoms with Crippen molar-refractivity contribution >= 4 is 154 Å². The average molecular weight is 1360 g/mol. The van der Waals surface area contributed by atoms with E-state index in [1.54, 1.807) is 0 Å². The van der Waals surface area contributed by atoms with Crippen LogP contribution >= 0.6 is 0 Å². The zero-order chi connectivity index (χ0) is 71.7. The maximum absolute atomic E-state index is 7.60. The normalized spacial score (nSPS) is 12.8. The van der Waals surface area contributed by atoms with Gasteiger partial charge in [-0.15, -0.1) is 0 Å². The molecule has 19 rings (SSSR count). The van der Waals surface area contributed by atoms with Crippen LogP contribution in [0.25, 0.3) is 148 Å². The predicted octanol–water partition coefficient (Wildman–Crippen LogP) is 29.0. The third-order valence-electron chi connectivity index (χ3n) is 21.9. The molecule has 0 radical (unpaired) electrons. The topological polar surface area (TPSA) is 64.0 Å². The predicted molar refractivity (Wildman–Crippen MR) is 442 cm³/mol. The highest BCUT2D eigenvalue weighted by molar-refractivity contribution is 6.38. The molecule has 5 aromatic heterocycles. The molecule has 0 atom stereocenters. The Morgan fingerprint density at radius 3 is 1.03 bits per heavy atom. The van der Waals surface area contributed by atoms with Crippen molar-refractivity contribution in [2.24, 2.45) is 0 Å². The van der Waals surface area contributed by atoms with Crippen molar-refractivity contribution in [2.75, 3.05) is 9.80 Å². The molecule has 0 N–H and O–H groups in total. The van der Waals surface area contributed by atoms with Crippen LogP contribution in [0.2, 0.25) is 0 Å². The molecular formula is C98H81N3O4. The molecule has 0 saturated heterocycles. The molecule has 0 aliphatic rings. The van der Waals surface area contributed by atoms with Gasteiger partial charge in [-0.05, 0) is 139 Å². The SMILES string of the molecule is CC(C)(C)c1ccc(-c2ccc(N(c3cccc4c3oc3c(C(C)(C)C)cccc34)c3cc4c(c5c3oc3ccccc35)c3c5c(oc6ccccc65)c(N(c5ccc(-c6ccc(C(C)(C)C)cc6)cc5)c5cccc6c5oc5c(C(C)(C)C)cccc56)cc3n4-c3ccc4ccccc4c3)cc2)cc1. The quantitative estimate of drug-likeness (QED) is 0.143. The molecule has 0 aliphatic carbocycles. The van der Waals surface area contributed by atoms with E-state index in [0.717, 1.165) is 194 Å². The van der Waals surface area contributed by atoms with E-state index >= 15 is 0 Å². The summed E-state index contributed by atoms with van der Waals surface area (Å²) in [4.78, 5) is 4.77. The van der Waals surface area contributed by atoms with Crippen LogP contribution in [-0.4, -0.2) is 4.57 Å². The van der Waals surface area contributed by atoms with Gasteiger partial charge in [-0.3, -0.25) is 0 Å². The third-order valence-corrected chi connectivity index (χ3v) is 21.9. The third kappa shape index (κ3) is 10.2. The minimum Gasteiger partial charge on any atom is -0.454 e. The number of para-hydroxylation sites is 6. The van der Waals surface area contributed by atoms with Crippen LogP contribution in [0.5, 0.6) is 0 Å². The van der Waals surface area contributed by atoms with Crippen molar-refractivity contribution < 1.29 is 17.7 Å². The highest BCUT2D eigenvalue weighted by atomic mass is 16.3. The zero-order valence-electron chi connectivity index (χ0n) is 61.5. The minimum atomic E-state index is -0.195. The molecule has 105 heavy (non-hydrogen) atoms. The summed E-state index contributed by atoms with van der Waals surface area (Å²) in [7, 11) is 0. The van der Waals surface area contributed by atoms with Crippen LogP contribution in [0, 0.1) is 0 Å². The van der Waals surface area contributed by atoms with Crippen LogP contribution in [0.3, 0.4) is 0 Å². The van der Waals surface area contributed by atoms with Gasteiger partial charge in [0.25, 0.3) is 0 Å². The first-order valence-electron chi connectivity index (χ1n) is 36.8. The Labute approximate surface area is 610 Å². The molecule has 7 heteroatoms. The molecule has 0 fully saturated rings. The van der Waals surface area contributed by atoms with Gasteiger partial charge in [0.15, 0.2) is 22.3 Å². The van der Waals surface area contributed by atoms with Gasteiger partial charge in [0.05, 0.1) is 33.8 Å². The van der Waals surface area contributed by atoms with Gasteiger partial charge in [0.1, 0.15) is 22.3 Å². The first-order valence-corrected chi connectivity index (χ1v) is 36.8. The van der Waals surface area contributed by atoms with Crippen LogP contribution in [0.15, 0.2) is 291 Å². The van der Waals surface area contributed by atoms with Crippen LogP contribution in [0.1, 0.15) is 105 Å². The Kier molecular flexibility index (Phi) is 14.1. The van der Waals surface area contributed by atoms with Crippen LogP contribution in [0.4, 0.5) is 34.1 Å². The number of benzene rings is 14. The molecule has 0 saturated carbocycles. The minimum absolute atomic E-state index is 0.0220. The van der Waals surface area contributed by atoms with E-state index in [4.69, 9.17) is 17.7 Å². The molecule has 19 aromatic rings. The number of furan rings is 4. The summed E-state index contributed by atoms with van der Waals surface area (Å²) in [6.07, 6.45) is 0.